The molecule has 0 spiro atoms. The van der Waals surface area contributed by atoms with Crippen molar-refractivity contribution < 1.29 is 19.0 Å². The third-order valence-electron chi connectivity index (χ3n) is 2.62. The molecule has 0 radical (unpaired) electrons. The van der Waals surface area contributed by atoms with Gasteiger partial charge in [0.2, 0.25) is 11.2 Å². The largest absolute Gasteiger partial charge is 0.502 e. The van der Waals surface area contributed by atoms with Gasteiger partial charge in [0.1, 0.15) is 27.1 Å². The molecule has 2 rings (SSSR count). The van der Waals surface area contributed by atoms with Crippen LogP contribution in [0, 0.1) is 6.92 Å². The van der Waals surface area contributed by atoms with Gasteiger partial charge in [-0.25, -0.2) is 0 Å². The molecule has 5 nitrogen and oxygen atoms in total. The minimum absolute atomic E-state index is 0.142. The molecule has 0 atom stereocenters. The second-order valence-corrected chi connectivity index (χ2v) is 4.43. The number of halogens is 1. The zero-order valence-corrected chi connectivity index (χ0v) is 11.6. The average Bonchev–Trinajstić information content (AvgIpc) is 2.37. The van der Waals surface area contributed by atoms with Crippen molar-refractivity contribution in [3.8, 4) is 17.2 Å². The van der Waals surface area contributed by atoms with Crippen molar-refractivity contribution in [1.29, 1.82) is 0 Å². The van der Waals surface area contributed by atoms with Crippen LogP contribution in [0.25, 0.3) is 11.0 Å². The van der Waals surface area contributed by atoms with Gasteiger partial charge in [-0.1, -0.05) is 0 Å². The quantitative estimate of drug-likeness (QED) is 0.922. The number of methoxy groups -OCH3 is 2. The molecule has 0 unspecified atom stereocenters. The number of benzene rings is 1. The molecule has 0 fully saturated rings. The van der Waals surface area contributed by atoms with E-state index >= 15 is 0 Å². The Bertz CT molecular complexity index is 674. The molecule has 0 saturated carbocycles. The first-order valence-corrected chi connectivity index (χ1v) is 5.87. The smallest absolute Gasteiger partial charge is 0.238 e. The first-order chi connectivity index (χ1) is 8.51. The molecule has 0 amide bonds. The van der Waals surface area contributed by atoms with Gasteiger partial charge in [0.05, 0.1) is 14.2 Å². The van der Waals surface area contributed by atoms with Crippen LogP contribution in [0.2, 0.25) is 0 Å². The lowest BCUT2D eigenvalue weighted by Crippen LogP contribution is -2.05. The fraction of sp³-hybridized carbons (Fsp3) is 0.250. The summed E-state index contributed by atoms with van der Waals surface area (Å²) in [6.07, 6.45) is 0. The maximum absolute atomic E-state index is 12.0. The highest BCUT2D eigenvalue weighted by Gasteiger charge is 2.20. The van der Waals surface area contributed by atoms with Crippen molar-refractivity contribution in [3.63, 3.8) is 0 Å². The van der Waals surface area contributed by atoms with Crippen molar-refractivity contribution in [2.24, 2.45) is 0 Å². The number of ether oxygens (including phenoxy) is 2. The molecule has 96 valence electrons. The second-order valence-electron chi connectivity index (χ2n) is 3.64. The highest BCUT2D eigenvalue weighted by molar-refractivity contribution is 9.10. The first-order valence-electron chi connectivity index (χ1n) is 5.08. The third kappa shape index (κ3) is 1.73. The van der Waals surface area contributed by atoms with Gasteiger partial charge < -0.3 is 19.0 Å². The SMILES string of the molecule is COc1cc(OC)c2c(=O)c(O)c(C)oc2c1Br. The van der Waals surface area contributed by atoms with Crippen LogP contribution in [0.1, 0.15) is 5.76 Å². The van der Waals surface area contributed by atoms with Crippen molar-refractivity contribution in [1.82, 2.24) is 0 Å². The van der Waals surface area contributed by atoms with Gasteiger partial charge in [-0.2, -0.15) is 0 Å². The lowest BCUT2D eigenvalue weighted by Gasteiger charge is -2.11. The first kappa shape index (κ1) is 12.8. The fourth-order valence-electron chi connectivity index (χ4n) is 1.69. The predicted octanol–water partition coefficient (Wildman–Crippen LogP) is 2.59. The van der Waals surface area contributed by atoms with Crippen LogP contribution >= 0.6 is 15.9 Å². The number of rotatable bonds is 2. The topological polar surface area (TPSA) is 68.9 Å². The molecule has 6 heteroatoms. The number of hydrogen-bond donors (Lipinski definition) is 1. The Hall–Kier alpha value is -1.69. The number of hydrogen-bond acceptors (Lipinski definition) is 5. The van der Waals surface area contributed by atoms with E-state index in [1.807, 2.05) is 0 Å². The van der Waals surface area contributed by atoms with Gasteiger partial charge in [0.25, 0.3) is 0 Å². The van der Waals surface area contributed by atoms with E-state index in [1.54, 1.807) is 6.07 Å². The van der Waals surface area contributed by atoms with Crippen LogP contribution in [0.4, 0.5) is 0 Å². The summed E-state index contributed by atoms with van der Waals surface area (Å²) in [4.78, 5) is 12.0. The molecule has 0 aliphatic rings. The molecule has 1 aromatic carbocycles. The molecule has 1 aromatic heterocycles. The van der Waals surface area contributed by atoms with Crippen molar-refractivity contribution in [2.45, 2.75) is 6.92 Å². The molecular weight excluding hydrogens is 304 g/mol. The molecule has 0 aliphatic heterocycles. The Morgan fingerprint density at radius 3 is 2.44 bits per heavy atom. The molecule has 18 heavy (non-hydrogen) atoms. The van der Waals surface area contributed by atoms with Crippen LogP contribution in [0.3, 0.4) is 0 Å². The van der Waals surface area contributed by atoms with E-state index in [-0.39, 0.29) is 22.5 Å². The average molecular weight is 315 g/mol. The maximum Gasteiger partial charge on any atom is 0.238 e. The lowest BCUT2D eigenvalue weighted by atomic mass is 10.2. The van der Waals surface area contributed by atoms with Crippen LogP contribution in [-0.2, 0) is 0 Å². The van der Waals surface area contributed by atoms with Crippen LogP contribution in [0.5, 0.6) is 17.2 Å². The number of aromatic hydroxyl groups is 1. The lowest BCUT2D eigenvalue weighted by molar-refractivity contribution is 0.390. The monoisotopic (exact) mass is 314 g/mol. The Morgan fingerprint density at radius 1 is 1.28 bits per heavy atom. The zero-order chi connectivity index (χ0) is 13.4. The normalized spacial score (nSPS) is 10.7. The van der Waals surface area contributed by atoms with Crippen LogP contribution in [0.15, 0.2) is 19.8 Å². The van der Waals surface area contributed by atoms with Gasteiger partial charge >= 0.3 is 0 Å². The van der Waals surface area contributed by atoms with E-state index in [0.717, 1.165) is 0 Å². The van der Waals surface area contributed by atoms with E-state index in [1.165, 1.54) is 21.1 Å². The van der Waals surface area contributed by atoms with Crippen molar-refractivity contribution >= 4 is 26.9 Å². The zero-order valence-electron chi connectivity index (χ0n) is 10.0. The second kappa shape index (κ2) is 4.53. The van der Waals surface area contributed by atoms with Crippen LogP contribution < -0.4 is 14.9 Å². The number of fused-ring (bicyclic) bond motifs is 1. The maximum atomic E-state index is 12.0. The standard InChI is InChI=1S/C12H11BrO5/c1-5-10(14)11(15)8-6(16-2)4-7(17-3)9(13)12(8)18-5/h4,14H,1-3H3. The van der Waals surface area contributed by atoms with Crippen LogP contribution in [-0.4, -0.2) is 19.3 Å². The highest BCUT2D eigenvalue weighted by Crippen LogP contribution is 2.39. The number of aryl methyl sites for hydroxylation is 1. The minimum atomic E-state index is -0.533. The van der Waals surface area contributed by atoms with E-state index < -0.39 is 11.2 Å². The summed E-state index contributed by atoms with van der Waals surface area (Å²) in [7, 11) is 2.93. The molecule has 0 saturated heterocycles. The summed E-state index contributed by atoms with van der Waals surface area (Å²) in [5.41, 5.74) is -0.250. The van der Waals surface area contributed by atoms with Crippen molar-refractivity contribution in [2.75, 3.05) is 14.2 Å². The molecule has 1 heterocycles. The predicted molar refractivity (Wildman–Crippen MR) is 69.7 cm³/mol. The third-order valence-corrected chi connectivity index (χ3v) is 3.37. The Labute approximate surface area is 111 Å². The van der Waals surface area contributed by atoms with E-state index in [0.29, 0.717) is 10.2 Å². The highest BCUT2D eigenvalue weighted by atomic mass is 79.9. The van der Waals surface area contributed by atoms with Gasteiger partial charge in [0.15, 0.2) is 5.58 Å². The van der Waals surface area contributed by atoms with Gasteiger partial charge in [-0.05, 0) is 22.9 Å². The molecule has 0 bridgehead atoms. The van der Waals surface area contributed by atoms with E-state index in [2.05, 4.69) is 15.9 Å². The van der Waals surface area contributed by atoms with Crippen molar-refractivity contribution in [3.05, 3.63) is 26.5 Å². The summed E-state index contributed by atoms with van der Waals surface area (Å²) in [6.45, 7) is 1.51. The Kier molecular flexibility index (Phi) is 3.21. The fourth-order valence-corrected chi connectivity index (χ4v) is 2.24. The Balaban J connectivity index is 3.05. The van der Waals surface area contributed by atoms with E-state index in [4.69, 9.17) is 13.9 Å². The summed E-state index contributed by atoms with van der Waals surface area (Å²) in [6, 6.07) is 1.55. The molecule has 2 aromatic rings. The molecule has 1 N–H and O–H groups in total. The summed E-state index contributed by atoms with van der Waals surface area (Å²) < 4.78 is 16.2. The summed E-state index contributed by atoms with van der Waals surface area (Å²) in [5.74, 6) is 0.489. The van der Waals surface area contributed by atoms with Gasteiger partial charge in [-0.15, -0.1) is 0 Å². The summed E-state index contributed by atoms with van der Waals surface area (Å²) >= 11 is 3.30. The summed E-state index contributed by atoms with van der Waals surface area (Å²) in [5, 5.41) is 9.81. The minimum Gasteiger partial charge on any atom is -0.502 e. The molecule has 0 aliphatic carbocycles. The Morgan fingerprint density at radius 2 is 1.89 bits per heavy atom. The van der Waals surface area contributed by atoms with Gasteiger partial charge in [0, 0.05) is 6.07 Å². The van der Waals surface area contributed by atoms with E-state index in [9.17, 15) is 9.90 Å². The van der Waals surface area contributed by atoms with Gasteiger partial charge in [-0.3, -0.25) is 4.79 Å². The molecular formula is C12H11BrO5.